The summed E-state index contributed by atoms with van der Waals surface area (Å²) in [5.41, 5.74) is 1.23. The summed E-state index contributed by atoms with van der Waals surface area (Å²) in [6, 6.07) is 10.6. The van der Waals surface area contributed by atoms with Crippen molar-refractivity contribution in [1.29, 1.82) is 0 Å². The predicted molar refractivity (Wildman–Crippen MR) is 66.1 cm³/mol. The minimum absolute atomic E-state index is 0.169. The van der Waals surface area contributed by atoms with Gasteiger partial charge in [0.15, 0.2) is 11.6 Å². The van der Waals surface area contributed by atoms with Crippen LogP contribution in [0.2, 0.25) is 0 Å². The maximum Gasteiger partial charge on any atom is 0.221 e. The Labute approximate surface area is 103 Å². The molecule has 4 heteroatoms. The van der Waals surface area contributed by atoms with Crippen LogP contribution in [-0.2, 0) is 4.79 Å². The third-order valence-corrected chi connectivity index (χ3v) is 2.45. The Morgan fingerprint density at radius 2 is 1.83 bits per heavy atom. The van der Waals surface area contributed by atoms with E-state index in [-0.39, 0.29) is 11.5 Å². The van der Waals surface area contributed by atoms with E-state index in [1.165, 1.54) is 19.1 Å². The molecule has 2 nitrogen and oxygen atoms in total. The Bertz CT molecular complexity index is 596. The first-order chi connectivity index (χ1) is 8.58. The number of rotatable bonds is 2. The number of benzene rings is 2. The molecule has 0 saturated carbocycles. The summed E-state index contributed by atoms with van der Waals surface area (Å²) in [5, 5.41) is 2.59. The molecule has 0 aliphatic carbocycles. The number of halogens is 2. The lowest BCUT2D eigenvalue weighted by atomic mass is 10.0. The highest BCUT2D eigenvalue weighted by Gasteiger charge is 2.09. The number of carbonyl (C=O) groups excluding carboxylic acids is 1. The lowest BCUT2D eigenvalue weighted by molar-refractivity contribution is -0.114. The molecule has 0 atom stereocenters. The van der Waals surface area contributed by atoms with Crippen molar-refractivity contribution in [2.45, 2.75) is 6.92 Å². The summed E-state index contributed by atoms with van der Waals surface area (Å²) in [4.78, 5) is 10.9. The molecule has 0 bridgehead atoms. The van der Waals surface area contributed by atoms with Gasteiger partial charge in [-0.1, -0.05) is 24.3 Å². The highest BCUT2D eigenvalue weighted by atomic mass is 19.2. The number of carbonyl (C=O) groups is 1. The monoisotopic (exact) mass is 247 g/mol. The Morgan fingerprint density at radius 1 is 1.11 bits per heavy atom. The van der Waals surface area contributed by atoms with Gasteiger partial charge in [0.2, 0.25) is 5.91 Å². The molecule has 0 aliphatic heterocycles. The molecular formula is C14H11F2NO. The van der Waals surface area contributed by atoms with Crippen LogP contribution in [0.1, 0.15) is 6.92 Å². The summed E-state index contributed by atoms with van der Waals surface area (Å²) in [6.07, 6.45) is 0. The number of nitrogens with one attached hydrogen (secondary N) is 1. The topological polar surface area (TPSA) is 29.1 Å². The second kappa shape index (κ2) is 4.96. The highest BCUT2D eigenvalue weighted by Crippen LogP contribution is 2.26. The van der Waals surface area contributed by atoms with Crippen molar-refractivity contribution in [1.82, 2.24) is 0 Å². The molecule has 92 valence electrons. The number of hydrogen-bond acceptors (Lipinski definition) is 1. The van der Waals surface area contributed by atoms with Gasteiger partial charge < -0.3 is 5.32 Å². The van der Waals surface area contributed by atoms with Gasteiger partial charge in [0, 0.05) is 18.2 Å². The van der Waals surface area contributed by atoms with Crippen LogP contribution in [0.25, 0.3) is 11.1 Å². The fourth-order valence-electron chi connectivity index (χ4n) is 1.69. The molecule has 2 aromatic carbocycles. The van der Waals surface area contributed by atoms with Gasteiger partial charge in [-0.3, -0.25) is 4.79 Å². The van der Waals surface area contributed by atoms with Crippen molar-refractivity contribution < 1.29 is 13.6 Å². The van der Waals surface area contributed by atoms with Gasteiger partial charge in [-0.25, -0.2) is 8.78 Å². The molecule has 0 heterocycles. The van der Waals surface area contributed by atoms with Crippen LogP contribution in [0, 0.1) is 11.6 Å². The molecule has 0 fully saturated rings. The maximum absolute atomic E-state index is 13.6. The summed E-state index contributed by atoms with van der Waals surface area (Å²) >= 11 is 0. The van der Waals surface area contributed by atoms with E-state index in [1.807, 2.05) is 0 Å². The van der Waals surface area contributed by atoms with Gasteiger partial charge in [0.05, 0.1) is 0 Å². The van der Waals surface area contributed by atoms with E-state index >= 15 is 0 Å². The second-order valence-electron chi connectivity index (χ2n) is 3.86. The van der Waals surface area contributed by atoms with Gasteiger partial charge in [-0.2, -0.15) is 0 Å². The molecule has 2 aromatic rings. The summed E-state index contributed by atoms with van der Waals surface area (Å²) in [7, 11) is 0. The molecule has 1 amide bonds. The third kappa shape index (κ3) is 2.53. The summed E-state index contributed by atoms with van der Waals surface area (Å²) in [5.74, 6) is -2.00. The van der Waals surface area contributed by atoms with Crippen molar-refractivity contribution in [3.05, 3.63) is 54.1 Å². The first-order valence-corrected chi connectivity index (χ1v) is 5.40. The zero-order chi connectivity index (χ0) is 13.1. The summed E-state index contributed by atoms with van der Waals surface area (Å²) in [6.45, 7) is 1.38. The van der Waals surface area contributed by atoms with E-state index in [9.17, 15) is 13.6 Å². The fourth-order valence-corrected chi connectivity index (χ4v) is 1.69. The average molecular weight is 247 g/mol. The van der Waals surface area contributed by atoms with E-state index in [0.29, 0.717) is 11.3 Å². The van der Waals surface area contributed by atoms with Crippen LogP contribution < -0.4 is 5.32 Å². The zero-order valence-corrected chi connectivity index (χ0v) is 9.71. The van der Waals surface area contributed by atoms with Gasteiger partial charge in [-0.15, -0.1) is 0 Å². The molecule has 0 aliphatic rings. The fraction of sp³-hybridized carbons (Fsp3) is 0.0714. The predicted octanol–water partition coefficient (Wildman–Crippen LogP) is 3.59. The van der Waals surface area contributed by atoms with Crippen LogP contribution in [0.5, 0.6) is 0 Å². The van der Waals surface area contributed by atoms with E-state index in [1.54, 1.807) is 24.3 Å². The van der Waals surface area contributed by atoms with E-state index in [0.717, 1.165) is 6.07 Å². The molecule has 18 heavy (non-hydrogen) atoms. The van der Waals surface area contributed by atoms with Crippen molar-refractivity contribution in [3.63, 3.8) is 0 Å². The Morgan fingerprint density at radius 3 is 2.56 bits per heavy atom. The van der Waals surface area contributed by atoms with Gasteiger partial charge in [-0.05, 0) is 23.8 Å². The van der Waals surface area contributed by atoms with Crippen LogP contribution in [0.3, 0.4) is 0 Å². The van der Waals surface area contributed by atoms with Crippen LogP contribution in [0.15, 0.2) is 42.5 Å². The molecule has 0 aromatic heterocycles. The van der Waals surface area contributed by atoms with Crippen LogP contribution >= 0.6 is 0 Å². The van der Waals surface area contributed by atoms with E-state index in [4.69, 9.17) is 0 Å². The van der Waals surface area contributed by atoms with E-state index in [2.05, 4.69) is 5.32 Å². The average Bonchev–Trinajstić information content (AvgIpc) is 2.32. The smallest absolute Gasteiger partial charge is 0.221 e. The SMILES string of the molecule is CC(=O)Nc1cccc(-c2cccc(F)c2F)c1. The molecule has 2 rings (SSSR count). The quantitative estimate of drug-likeness (QED) is 0.863. The number of hydrogen-bond donors (Lipinski definition) is 1. The van der Waals surface area contributed by atoms with Crippen LogP contribution in [-0.4, -0.2) is 5.91 Å². The zero-order valence-electron chi connectivity index (χ0n) is 9.71. The first kappa shape index (κ1) is 12.2. The lowest BCUT2D eigenvalue weighted by Crippen LogP contribution is -2.05. The molecule has 1 N–H and O–H groups in total. The standard InChI is InChI=1S/C14H11F2NO/c1-9(18)17-11-5-2-4-10(8-11)12-6-3-7-13(15)14(12)16/h2-8H,1H3,(H,17,18). The van der Waals surface area contributed by atoms with E-state index < -0.39 is 11.6 Å². The molecule has 0 unspecified atom stereocenters. The Kier molecular flexibility index (Phi) is 3.37. The first-order valence-electron chi connectivity index (χ1n) is 5.40. The minimum Gasteiger partial charge on any atom is -0.326 e. The molecule has 0 spiro atoms. The normalized spacial score (nSPS) is 10.2. The maximum atomic E-state index is 13.6. The molecule has 0 saturated heterocycles. The highest BCUT2D eigenvalue weighted by molar-refractivity contribution is 5.89. The van der Waals surface area contributed by atoms with Gasteiger partial charge >= 0.3 is 0 Å². The third-order valence-electron chi connectivity index (χ3n) is 2.45. The second-order valence-corrected chi connectivity index (χ2v) is 3.86. The Hall–Kier alpha value is -2.23. The van der Waals surface area contributed by atoms with Gasteiger partial charge in [0.25, 0.3) is 0 Å². The van der Waals surface area contributed by atoms with Crippen molar-refractivity contribution in [2.75, 3.05) is 5.32 Å². The lowest BCUT2D eigenvalue weighted by Gasteiger charge is -2.07. The number of anilines is 1. The number of amides is 1. The van der Waals surface area contributed by atoms with Gasteiger partial charge in [0.1, 0.15) is 0 Å². The van der Waals surface area contributed by atoms with Crippen LogP contribution in [0.4, 0.5) is 14.5 Å². The summed E-state index contributed by atoms with van der Waals surface area (Å²) < 4.78 is 26.8. The molecular weight excluding hydrogens is 236 g/mol. The molecule has 0 radical (unpaired) electrons. The largest absolute Gasteiger partial charge is 0.326 e. The minimum atomic E-state index is -0.891. The van der Waals surface area contributed by atoms with Crippen molar-refractivity contribution in [2.24, 2.45) is 0 Å². The van der Waals surface area contributed by atoms with Crippen molar-refractivity contribution in [3.8, 4) is 11.1 Å². The van der Waals surface area contributed by atoms with Crippen molar-refractivity contribution >= 4 is 11.6 Å². The Balaban J connectivity index is 2.44.